The fraction of sp³-hybridized carbons (Fsp3) is 0.429. The SMILES string of the molecule is C=C(/C=C\N(C)C)c1cc(=C\N)/c(=C\C=C/C2CCS(=O)CC2)n1CC(F)(F)F. The normalized spacial score (nSPS) is 22.1. The fourth-order valence-electron chi connectivity index (χ4n) is 3.15. The van der Waals surface area contributed by atoms with E-state index in [4.69, 9.17) is 5.73 Å². The van der Waals surface area contributed by atoms with Gasteiger partial charge in [-0.2, -0.15) is 13.2 Å². The van der Waals surface area contributed by atoms with Crippen LogP contribution in [0.4, 0.5) is 13.2 Å². The molecular weight excluding hydrogens is 399 g/mol. The van der Waals surface area contributed by atoms with Crippen LogP contribution >= 0.6 is 0 Å². The third-order valence-electron chi connectivity index (χ3n) is 4.66. The van der Waals surface area contributed by atoms with Crippen molar-refractivity contribution in [2.24, 2.45) is 11.7 Å². The molecule has 8 heteroatoms. The van der Waals surface area contributed by atoms with Gasteiger partial charge in [0.25, 0.3) is 0 Å². The Morgan fingerprint density at radius 1 is 1.38 bits per heavy atom. The van der Waals surface area contributed by atoms with E-state index in [9.17, 15) is 17.4 Å². The lowest BCUT2D eigenvalue weighted by Crippen LogP contribution is -2.34. The zero-order chi connectivity index (χ0) is 21.6. The van der Waals surface area contributed by atoms with Crippen LogP contribution in [-0.2, 0) is 17.3 Å². The van der Waals surface area contributed by atoms with Crippen LogP contribution in [0.25, 0.3) is 17.8 Å². The number of hydrogen-bond donors (Lipinski definition) is 1. The van der Waals surface area contributed by atoms with Crippen molar-refractivity contribution in [1.82, 2.24) is 9.47 Å². The second-order valence-electron chi connectivity index (χ2n) is 7.28. The van der Waals surface area contributed by atoms with Crippen LogP contribution in [-0.4, -0.2) is 45.5 Å². The molecule has 0 aliphatic carbocycles. The Kier molecular flexibility index (Phi) is 7.96. The van der Waals surface area contributed by atoms with E-state index in [0.29, 0.717) is 33.3 Å². The van der Waals surface area contributed by atoms with Crippen LogP contribution in [0.2, 0.25) is 0 Å². The molecule has 1 aromatic rings. The molecule has 0 amide bonds. The van der Waals surface area contributed by atoms with Crippen LogP contribution in [0.3, 0.4) is 0 Å². The zero-order valence-corrected chi connectivity index (χ0v) is 17.6. The van der Waals surface area contributed by atoms with Crippen molar-refractivity contribution in [3.63, 3.8) is 0 Å². The van der Waals surface area contributed by atoms with Crippen molar-refractivity contribution in [1.29, 1.82) is 0 Å². The van der Waals surface area contributed by atoms with Gasteiger partial charge in [0.1, 0.15) is 6.54 Å². The fourth-order valence-corrected chi connectivity index (χ4v) is 4.49. The summed E-state index contributed by atoms with van der Waals surface area (Å²) in [5.74, 6) is 1.63. The highest BCUT2D eigenvalue weighted by Gasteiger charge is 2.29. The highest BCUT2D eigenvalue weighted by Crippen LogP contribution is 2.20. The first-order chi connectivity index (χ1) is 13.6. The Morgan fingerprint density at radius 2 is 2.03 bits per heavy atom. The van der Waals surface area contributed by atoms with Gasteiger partial charge in [-0.3, -0.25) is 4.21 Å². The highest BCUT2D eigenvalue weighted by molar-refractivity contribution is 7.85. The van der Waals surface area contributed by atoms with Crippen LogP contribution < -0.4 is 16.3 Å². The number of rotatable bonds is 6. The Hall–Kier alpha value is -2.22. The first-order valence-corrected chi connectivity index (χ1v) is 10.8. The molecule has 0 saturated carbocycles. The van der Waals surface area contributed by atoms with Crippen molar-refractivity contribution < 1.29 is 17.4 Å². The van der Waals surface area contributed by atoms with Crippen LogP contribution in [0, 0.1) is 5.92 Å². The summed E-state index contributed by atoms with van der Waals surface area (Å²) in [6, 6.07) is 1.62. The van der Waals surface area contributed by atoms with Crippen molar-refractivity contribution in [3.8, 4) is 0 Å². The monoisotopic (exact) mass is 427 g/mol. The van der Waals surface area contributed by atoms with Crippen LogP contribution in [0.1, 0.15) is 18.5 Å². The summed E-state index contributed by atoms with van der Waals surface area (Å²) >= 11 is 0. The third-order valence-corrected chi connectivity index (χ3v) is 6.04. The summed E-state index contributed by atoms with van der Waals surface area (Å²) in [6.45, 7) is 2.79. The minimum atomic E-state index is -4.38. The average Bonchev–Trinajstić information content (AvgIpc) is 2.97. The van der Waals surface area contributed by atoms with E-state index in [1.165, 1.54) is 10.8 Å². The number of nitrogens with zero attached hydrogens (tertiary/aromatic N) is 2. The lowest BCUT2D eigenvalue weighted by molar-refractivity contribution is -0.141. The molecule has 1 aliphatic heterocycles. The summed E-state index contributed by atoms with van der Waals surface area (Å²) in [7, 11) is 2.90. The molecule has 0 unspecified atom stereocenters. The van der Waals surface area contributed by atoms with Crippen molar-refractivity contribution in [2.45, 2.75) is 25.6 Å². The average molecular weight is 428 g/mol. The van der Waals surface area contributed by atoms with Gasteiger partial charge < -0.3 is 15.2 Å². The van der Waals surface area contributed by atoms with Gasteiger partial charge in [-0.25, -0.2) is 0 Å². The number of halogens is 3. The van der Waals surface area contributed by atoms with E-state index in [1.807, 2.05) is 20.2 Å². The standard InChI is InChI=1S/C21H28F3N3OS/c1-16(7-10-26(2)3)20-13-18(14-25)19(27(20)15-21(22,23)24)6-4-5-17-8-11-29(28)12-9-17/h4-7,10,13-14,17H,1,8-9,11-12,15,25H2,2-3H3/b5-4-,10-7-,18-14+,19-6+. The third kappa shape index (κ3) is 6.96. The highest BCUT2D eigenvalue weighted by atomic mass is 32.2. The molecular formula is C21H28F3N3OS. The van der Waals surface area contributed by atoms with Gasteiger partial charge in [0.05, 0.1) is 5.35 Å². The summed E-state index contributed by atoms with van der Waals surface area (Å²) < 4.78 is 52.4. The van der Waals surface area contributed by atoms with Gasteiger partial charge in [-0.1, -0.05) is 18.7 Å². The smallest absolute Gasteiger partial charge is 0.404 e. The summed E-state index contributed by atoms with van der Waals surface area (Å²) in [4.78, 5) is 1.78. The molecule has 1 aliphatic rings. The summed E-state index contributed by atoms with van der Waals surface area (Å²) in [5.41, 5.74) is 6.52. The Bertz CT molecular complexity index is 916. The maximum atomic E-state index is 13.3. The molecule has 2 N–H and O–H groups in total. The number of nitrogens with two attached hydrogens (primary N) is 1. The maximum Gasteiger partial charge on any atom is 0.406 e. The van der Waals surface area contributed by atoms with E-state index in [1.54, 1.807) is 35.4 Å². The largest absolute Gasteiger partial charge is 0.406 e. The lowest BCUT2D eigenvalue weighted by atomic mass is 10.0. The van der Waals surface area contributed by atoms with E-state index in [2.05, 4.69) is 6.58 Å². The minimum absolute atomic E-state index is 0.290. The lowest BCUT2D eigenvalue weighted by Gasteiger charge is -2.17. The van der Waals surface area contributed by atoms with E-state index >= 15 is 0 Å². The molecule has 0 radical (unpaired) electrons. The molecule has 0 bridgehead atoms. The number of hydrogen-bond acceptors (Lipinski definition) is 3. The summed E-state index contributed by atoms with van der Waals surface area (Å²) in [6.07, 6.45) is 7.38. The van der Waals surface area contributed by atoms with Crippen molar-refractivity contribution in [3.05, 3.63) is 53.3 Å². The van der Waals surface area contributed by atoms with Crippen molar-refractivity contribution >= 4 is 28.6 Å². The molecule has 0 spiro atoms. The quantitative estimate of drug-likeness (QED) is 0.709. The molecule has 4 nitrogen and oxygen atoms in total. The Morgan fingerprint density at radius 3 is 2.59 bits per heavy atom. The molecule has 0 aromatic carbocycles. The van der Waals surface area contributed by atoms with E-state index < -0.39 is 23.5 Å². The van der Waals surface area contributed by atoms with Crippen LogP contribution in [0.15, 0.2) is 37.1 Å². The molecule has 1 fully saturated rings. The summed E-state index contributed by atoms with van der Waals surface area (Å²) in [5, 5.41) is 0.896. The number of alkyl halides is 3. The molecule has 2 heterocycles. The van der Waals surface area contributed by atoms with E-state index in [0.717, 1.165) is 12.8 Å². The van der Waals surface area contributed by atoms with Gasteiger partial charge in [0.2, 0.25) is 0 Å². The minimum Gasteiger partial charge on any atom is -0.404 e. The second-order valence-corrected chi connectivity index (χ2v) is 8.98. The van der Waals surface area contributed by atoms with Gasteiger partial charge >= 0.3 is 6.18 Å². The second kappa shape index (κ2) is 10.0. The predicted molar refractivity (Wildman–Crippen MR) is 114 cm³/mol. The van der Waals surface area contributed by atoms with Gasteiger partial charge in [-0.05, 0) is 48.8 Å². The van der Waals surface area contributed by atoms with Gasteiger partial charge in [0.15, 0.2) is 0 Å². The molecule has 0 atom stereocenters. The Balaban J connectivity index is 2.46. The number of allylic oxidation sites excluding steroid dienone is 4. The van der Waals surface area contributed by atoms with Gasteiger partial charge in [0, 0.05) is 53.5 Å². The molecule has 2 rings (SSSR count). The first-order valence-electron chi connectivity index (χ1n) is 9.36. The Labute approximate surface area is 172 Å². The molecule has 1 saturated heterocycles. The topological polar surface area (TPSA) is 51.3 Å². The predicted octanol–water partition coefficient (Wildman–Crippen LogP) is 2.33. The maximum absolute atomic E-state index is 13.3. The first kappa shape index (κ1) is 23.1. The van der Waals surface area contributed by atoms with Crippen LogP contribution in [0.5, 0.6) is 0 Å². The van der Waals surface area contributed by atoms with Crippen molar-refractivity contribution in [2.75, 3.05) is 25.6 Å². The zero-order valence-electron chi connectivity index (χ0n) is 16.8. The number of aromatic nitrogens is 1. The molecule has 1 aromatic heterocycles. The molecule has 29 heavy (non-hydrogen) atoms. The van der Waals surface area contributed by atoms with E-state index in [-0.39, 0.29) is 5.92 Å². The molecule has 160 valence electrons. The van der Waals surface area contributed by atoms with Gasteiger partial charge in [-0.15, -0.1) is 0 Å².